The average Bonchev–Trinajstić information content (AvgIpc) is 2.88. The van der Waals surface area contributed by atoms with Gasteiger partial charge in [-0.25, -0.2) is 0 Å². The minimum Gasteiger partial charge on any atom is -0.468 e. The fourth-order valence-corrected chi connectivity index (χ4v) is 3.21. The quantitative estimate of drug-likeness (QED) is 0.676. The summed E-state index contributed by atoms with van der Waals surface area (Å²) < 4.78 is 5.33. The monoisotopic (exact) mass is 309 g/mol. The van der Waals surface area contributed by atoms with E-state index in [0.29, 0.717) is 0 Å². The highest BCUT2D eigenvalue weighted by atomic mass is 32.2. The molecule has 0 spiro atoms. The number of nitrogens with zero attached hydrogens (tertiary/aromatic N) is 2. The minimum atomic E-state index is -0.269. The van der Waals surface area contributed by atoms with Crippen molar-refractivity contribution in [2.24, 2.45) is 0 Å². The Morgan fingerprint density at radius 1 is 1.35 bits per heavy atom. The number of hydrogen-bond donors (Lipinski definition) is 1. The van der Waals surface area contributed by atoms with Crippen LogP contribution >= 0.6 is 23.1 Å². The minimum absolute atomic E-state index is 0.245. The highest BCUT2D eigenvalue weighted by molar-refractivity contribution is 8.01. The number of methoxy groups -OCH3 is 1. The smallest absolute Gasteiger partial charge is 0.316 e. The number of hydrogen-bond acceptors (Lipinski definition) is 7. The van der Waals surface area contributed by atoms with Crippen LogP contribution in [0.4, 0.5) is 10.8 Å². The van der Waals surface area contributed by atoms with E-state index in [2.05, 4.69) is 20.3 Å². The number of rotatable bonds is 5. The zero-order chi connectivity index (χ0) is 14.5. The highest BCUT2D eigenvalue weighted by Crippen LogP contribution is 2.30. The van der Waals surface area contributed by atoms with Crippen LogP contribution < -0.4 is 5.32 Å². The van der Waals surface area contributed by atoms with Gasteiger partial charge in [-0.3, -0.25) is 4.79 Å². The lowest BCUT2D eigenvalue weighted by Crippen LogP contribution is -2.02. The number of nitrogens with one attached hydrogen (secondary N) is 1. The van der Waals surface area contributed by atoms with Gasteiger partial charge in [0.1, 0.15) is 0 Å². The van der Waals surface area contributed by atoms with E-state index in [1.54, 1.807) is 0 Å². The van der Waals surface area contributed by atoms with Gasteiger partial charge in [0.25, 0.3) is 0 Å². The Morgan fingerprint density at radius 3 is 2.70 bits per heavy atom. The SMILES string of the molecule is COC(=O)CSc1nnc(Nc2c(C)cccc2C)s1. The average molecular weight is 309 g/mol. The van der Waals surface area contributed by atoms with Crippen molar-refractivity contribution in [3.8, 4) is 0 Å². The molecule has 2 aromatic rings. The number of para-hydroxylation sites is 1. The molecule has 1 N–H and O–H groups in total. The maximum atomic E-state index is 11.1. The molecule has 0 unspecified atom stereocenters. The third kappa shape index (κ3) is 3.71. The Kier molecular flexibility index (Phi) is 4.97. The van der Waals surface area contributed by atoms with Crippen LogP contribution in [-0.4, -0.2) is 29.0 Å². The summed E-state index contributed by atoms with van der Waals surface area (Å²) in [5, 5.41) is 12.1. The second-order valence-electron chi connectivity index (χ2n) is 4.13. The first-order chi connectivity index (χ1) is 9.60. The van der Waals surface area contributed by atoms with Crippen molar-refractivity contribution >= 4 is 39.9 Å². The fraction of sp³-hybridized carbons (Fsp3) is 0.308. The van der Waals surface area contributed by atoms with E-state index in [0.717, 1.165) is 26.3 Å². The third-order valence-corrected chi connectivity index (χ3v) is 4.61. The molecule has 0 bridgehead atoms. The van der Waals surface area contributed by atoms with Crippen LogP contribution in [0.25, 0.3) is 0 Å². The van der Waals surface area contributed by atoms with Crippen molar-refractivity contribution in [2.45, 2.75) is 18.2 Å². The number of carbonyl (C=O) groups excluding carboxylic acids is 1. The van der Waals surface area contributed by atoms with Crippen molar-refractivity contribution in [3.05, 3.63) is 29.3 Å². The van der Waals surface area contributed by atoms with Gasteiger partial charge >= 0.3 is 5.97 Å². The third-order valence-electron chi connectivity index (χ3n) is 2.66. The van der Waals surface area contributed by atoms with Gasteiger partial charge in [-0.1, -0.05) is 41.3 Å². The maximum absolute atomic E-state index is 11.1. The van der Waals surface area contributed by atoms with Crippen LogP contribution in [0.1, 0.15) is 11.1 Å². The number of thioether (sulfide) groups is 1. The molecule has 1 aromatic heterocycles. The molecule has 0 amide bonds. The van der Waals surface area contributed by atoms with Gasteiger partial charge < -0.3 is 10.1 Å². The Bertz CT molecular complexity index is 593. The van der Waals surface area contributed by atoms with Gasteiger partial charge in [-0.05, 0) is 25.0 Å². The lowest BCUT2D eigenvalue weighted by molar-refractivity contribution is -0.137. The van der Waals surface area contributed by atoms with Crippen LogP contribution in [0.5, 0.6) is 0 Å². The second kappa shape index (κ2) is 6.71. The number of esters is 1. The first-order valence-corrected chi connectivity index (χ1v) is 7.76. The summed E-state index contributed by atoms with van der Waals surface area (Å²) in [7, 11) is 1.37. The van der Waals surface area contributed by atoms with Crippen LogP contribution in [0, 0.1) is 13.8 Å². The topological polar surface area (TPSA) is 64.1 Å². The van der Waals surface area contributed by atoms with Gasteiger partial charge in [-0.15, -0.1) is 10.2 Å². The molecule has 0 aliphatic heterocycles. The molecule has 0 aliphatic carbocycles. The van der Waals surface area contributed by atoms with Crippen molar-refractivity contribution in [1.29, 1.82) is 0 Å². The van der Waals surface area contributed by atoms with Crippen molar-refractivity contribution in [2.75, 3.05) is 18.2 Å². The van der Waals surface area contributed by atoms with Crippen LogP contribution in [0.15, 0.2) is 22.5 Å². The number of carbonyl (C=O) groups is 1. The molecule has 20 heavy (non-hydrogen) atoms. The second-order valence-corrected chi connectivity index (χ2v) is 6.33. The van der Waals surface area contributed by atoms with Gasteiger partial charge in [0, 0.05) is 5.69 Å². The molecular formula is C13H15N3O2S2. The van der Waals surface area contributed by atoms with Crippen LogP contribution in [-0.2, 0) is 9.53 Å². The standard InChI is InChI=1S/C13H15N3O2S2/c1-8-5-4-6-9(2)11(8)14-12-15-16-13(20-12)19-7-10(17)18-3/h4-6H,7H2,1-3H3,(H,14,15). The summed E-state index contributed by atoms with van der Waals surface area (Å²) in [5.74, 6) is -0.0245. The molecule has 1 heterocycles. The number of anilines is 2. The Labute approximate surface area is 125 Å². The first-order valence-electron chi connectivity index (χ1n) is 5.96. The molecule has 1 aromatic carbocycles. The van der Waals surface area contributed by atoms with E-state index >= 15 is 0 Å². The number of aromatic nitrogens is 2. The summed E-state index contributed by atoms with van der Waals surface area (Å²) in [6, 6.07) is 6.11. The van der Waals surface area contributed by atoms with Crippen molar-refractivity contribution in [3.63, 3.8) is 0 Å². The molecule has 0 saturated carbocycles. The zero-order valence-electron chi connectivity index (χ0n) is 11.5. The van der Waals surface area contributed by atoms with Crippen LogP contribution in [0.2, 0.25) is 0 Å². The van der Waals surface area contributed by atoms with Gasteiger partial charge in [0.15, 0.2) is 4.34 Å². The maximum Gasteiger partial charge on any atom is 0.316 e. The molecule has 106 valence electrons. The zero-order valence-corrected chi connectivity index (χ0v) is 13.1. The number of ether oxygens (including phenoxy) is 1. The van der Waals surface area contributed by atoms with E-state index in [1.807, 2.05) is 32.0 Å². The summed E-state index contributed by atoms with van der Waals surface area (Å²) in [5.41, 5.74) is 3.36. The first kappa shape index (κ1) is 14.8. The van der Waals surface area contributed by atoms with E-state index in [-0.39, 0.29) is 11.7 Å². The van der Waals surface area contributed by atoms with Gasteiger partial charge in [0.05, 0.1) is 12.9 Å². The Hall–Kier alpha value is -1.60. The van der Waals surface area contributed by atoms with E-state index < -0.39 is 0 Å². The van der Waals surface area contributed by atoms with E-state index in [4.69, 9.17) is 0 Å². The number of benzene rings is 1. The lowest BCUT2D eigenvalue weighted by atomic mass is 10.1. The fourth-order valence-electron chi connectivity index (χ4n) is 1.62. The number of aryl methyl sites for hydroxylation is 2. The van der Waals surface area contributed by atoms with Crippen molar-refractivity contribution in [1.82, 2.24) is 10.2 Å². The highest BCUT2D eigenvalue weighted by Gasteiger charge is 2.10. The predicted molar refractivity (Wildman–Crippen MR) is 81.8 cm³/mol. The molecule has 7 heteroatoms. The predicted octanol–water partition coefficient (Wildman–Crippen LogP) is 3.16. The Morgan fingerprint density at radius 2 is 2.05 bits per heavy atom. The van der Waals surface area contributed by atoms with Gasteiger partial charge in [0.2, 0.25) is 5.13 Å². The summed E-state index contributed by atoms with van der Waals surface area (Å²) >= 11 is 2.74. The molecule has 0 saturated heterocycles. The summed E-state index contributed by atoms with van der Waals surface area (Å²) in [4.78, 5) is 11.1. The lowest BCUT2D eigenvalue weighted by Gasteiger charge is -2.09. The molecule has 0 atom stereocenters. The van der Waals surface area contributed by atoms with Crippen molar-refractivity contribution < 1.29 is 9.53 Å². The Balaban J connectivity index is 2.04. The van der Waals surface area contributed by atoms with Gasteiger partial charge in [-0.2, -0.15) is 0 Å². The molecule has 0 aliphatic rings. The molecule has 5 nitrogen and oxygen atoms in total. The largest absolute Gasteiger partial charge is 0.468 e. The summed E-state index contributed by atoms with van der Waals surface area (Å²) in [6.07, 6.45) is 0. The molecular weight excluding hydrogens is 294 g/mol. The van der Waals surface area contributed by atoms with E-state index in [9.17, 15) is 4.79 Å². The van der Waals surface area contributed by atoms with E-state index in [1.165, 1.54) is 30.2 Å². The van der Waals surface area contributed by atoms with Crippen LogP contribution in [0.3, 0.4) is 0 Å². The summed E-state index contributed by atoms with van der Waals surface area (Å²) in [6.45, 7) is 4.09. The molecule has 2 rings (SSSR count). The molecule has 0 radical (unpaired) electrons. The normalized spacial score (nSPS) is 10.3. The molecule has 0 fully saturated rings.